The van der Waals surface area contributed by atoms with Crippen LogP contribution >= 0.6 is 0 Å². The molecule has 2 amide bonds. The van der Waals surface area contributed by atoms with Gasteiger partial charge in [-0.15, -0.1) is 0 Å². The second-order valence-corrected chi connectivity index (χ2v) is 7.85. The highest BCUT2D eigenvalue weighted by molar-refractivity contribution is 6.04. The van der Waals surface area contributed by atoms with Crippen LogP contribution in [0.4, 0.5) is 11.5 Å². The maximum Gasteiger partial charge on any atom is 0.255 e. The first-order valence-corrected chi connectivity index (χ1v) is 10.7. The van der Waals surface area contributed by atoms with Crippen LogP contribution < -0.4 is 20.7 Å². The van der Waals surface area contributed by atoms with Gasteiger partial charge in [0.2, 0.25) is 5.91 Å². The number of benzene rings is 2. The molecule has 7 heteroatoms. The van der Waals surface area contributed by atoms with E-state index < -0.39 is 0 Å². The second-order valence-electron chi connectivity index (χ2n) is 7.85. The Kier molecular flexibility index (Phi) is 6.65. The van der Waals surface area contributed by atoms with Crippen molar-refractivity contribution in [2.75, 3.05) is 23.3 Å². The van der Waals surface area contributed by atoms with Crippen LogP contribution in [-0.4, -0.2) is 29.9 Å². The number of hydrogen-bond donors (Lipinski definition) is 2. The number of ether oxygens (including phenoxy) is 1. The third-order valence-electron chi connectivity index (χ3n) is 5.50. The minimum atomic E-state index is -0.270. The van der Waals surface area contributed by atoms with Crippen LogP contribution in [-0.2, 0) is 11.4 Å². The first-order valence-electron chi connectivity index (χ1n) is 10.7. The predicted molar refractivity (Wildman–Crippen MR) is 124 cm³/mol. The molecule has 1 aliphatic rings. The lowest BCUT2D eigenvalue weighted by molar-refractivity contribution is -0.122. The topological polar surface area (TPSA) is 97.6 Å². The average Bonchev–Trinajstić information content (AvgIpc) is 2.84. The number of hydrogen-bond acceptors (Lipinski definition) is 5. The molecular formula is C25H26N4O3. The molecule has 0 saturated carbocycles. The number of nitrogens with one attached hydrogen (secondary N) is 1. The molecule has 32 heavy (non-hydrogen) atoms. The molecule has 0 bridgehead atoms. The van der Waals surface area contributed by atoms with Gasteiger partial charge in [-0.3, -0.25) is 9.59 Å². The maximum absolute atomic E-state index is 12.7. The van der Waals surface area contributed by atoms with Crippen molar-refractivity contribution in [3.63, 3.8) is 0 Å². The van der Waals surface area contributed by atoms with Gasteiger partial charge in [0.1, 0.15) is 18.2 Å². The minimum absolute atomic E-state index is 0.152. The number of nitrogens with zero attached hydrogens (tertiary/aromatic N) is 2. The zero-order valence-electron chi connectivity index (χ0n) is 17.7. The lowest BCUT2D eigenvalue weighted by Crippen LogP contribution is -2.41. The lowest BCUT2D eigenvalue weighted by Gasteiger charge is -2.32. The summed E-state index contributed by atoms with van der Waals surface area (Å²) in [5.74, 6) is 0.737. The van der Waals surface area contributed by atoms with Gasteiger partial charge in [0.25, 0.3) is 5.91 Å². The molecule has 0 spiro atoms. The van der Waals surface area contributed by atoms with Crippen LogP contribution in [0.3, 0.4) is 0 Å². The molecule has 0 radical (unpaired) electrons. The van der Waals surface area contributed by atoms with E-state index >= 15 is 0 Å². The molecule has 1 fully saturated rings. The van der Waals surface area contributed by atoms with Crippen molar-refractivity contribution in [3.05, 3.63) is 84.1 Å². The molecule has 1 aromatic heterocycles. The Bertz CT molecular complexity index is 1070. The van der Waals surface area contributed by atoms with Crippen LogP contribution in [0.5, 0.6) is 5.75 Å². The number of pyridine rings is 1. The van der Waals surface area contributed by atoms with Crippen molar-refractivity contribution in [1.29, 1.82) is 0 Å². The smallest absolute Gasteiger partial charge is 0.255 e. The fraction of sp³-hybridized carbons (Fsp3) is 0.240. The van der Waals surface area contributed by atoms with Crippen LogP contribution in [0.2, 0.25) is 0 Å². The Hall–Kier alpha value is -3.87. The van der Waals surface area contributed by atoms with Crippen molar-refractivity contribution in [1.82, 2.24) is 4.98 Å². The zero-order chi connectivity index (χ0) is 22.3. The molecule has 164 valence electrons. The van der Waals surface area contributed by atoms with Crippen LogP contribution in [0, 0.1) is 5.92 Å². The van der Waals surface area contributed by atoms with E-state index in [2.05, 4.69) is 15.2 Å². The van der Waals surface area contributed by atoms with E-state index in [1.807, 2.05) is 48.5 Å². The highest BCUT2D eigenvalue weighted by Gasteiger charge is 2.24. The van der Waals surface area contributed by atoms with E-state index in [0.29, 0.717) is 30.2 Å². The number of nitrogens with two attached hydrogens (primary N) is 1. The first kappa shape index (κ1) is 21.4. The van der Waals surface area contributed by atoms with Crippen molar-refractivity contribution in [2.24, 2.45) is 11.7 Å². The van der Waals surface area contributed by atoms with Crippen molar-refractivity contribution < 1.29 is 14.3 Å². The zero-order valence-corrected chi connectivity index (χ0v) is 17.7. The molecule has 4 rings (SSSR count). The van der Waals surface area contributed by atoms with Gasteiger partial charge in [-0.05, 0) is 48.7 Å². The fourth-order valence-electron chi connectivity index (χ4n) is 3.74. The van der Waals surface area contributed by atoms with Gasteiger partial charge >= 0.3 is 0 Å². The summed E-state index contributed by atoms with van der Waals surface area (Å²) in [7, 11) is 0. The molecule has 1 unspecified atom stereocenters. The number of aromatic nitrogens is 1. The number of rotatable bonds is 7. The van der Waals surface area contributed by atoms with Crippen molar-refractivity contribution in [3.8, 4) is 5.75 Å². The molecule has 1 saturated heterocycles. The molecular weight excluding hydrogens is 404 g/mol. The second kappa shape index (κ2) is 9.96. The number of carbonyl (C=O) groups excluding carboxylic acids is 2. The van der Waals surface area contributed by atoms with E-state index in [4.69, 9.17) is 10.5 Å². The lowest BCUT2D eigenvalue weighted by atomic mass is 9.97. The Morgan fingerprint density at radius 2 is 1.94 bits per heavy atom. The number of anilines is 2. The van der Waals surface area contributed by atoms with Gasteiger partial charge in [0.15, 0.2) is 0 Å². The van der Waals surface area contributed by atoms with E-state index in [9.17, 15) is 9.59 Å². The molecule has 1 aliphatic heterocycles. The van der Waals surface area contributed by atoms with Crippen LogP contribution in [0.15, 0.2) is 72.9 Å². The summed E-state index contributed by atoms with van der Waals surface area (Å²) in [5, 5.41) is 2.87. The van der Waals surface area contributed by atoms with E-state index in [-0.39, 0.29) is 17.7 Å². The molecule has 0 aliphatic carbocycles. The van der Waals surface area contributed by atoms with Crippen LogP contribution in [0.25, 0.3) is 0 Å². The van der Waals surface area contributed by atoms with Gasteiger partial charge in [0, 0.05) is 18.7 Å². The summed E-state index contributed by atoms with van der Waals surface area (Å²) in [6.45, 7) is 1.84. The first-order chi connectivity index (χ1) is 15.6. The third-order valence-corrected chi connectivity index (χ3v) is 5.50. The Balaban J connectivity index is 1.36. The van der Waals surface area contributed by atoms with Gasteiger partial charge in [0.05, 0.1) is 17.8 Å². The quantitative estimate of drug-likeness (QED) is 0.597. The van der Waals surface area contributed by atoms with E-state index in [1.165, 1.54) is 0 Å². The summed E-state index contributed by atoms with van der Waals surface area (Å²) in [4.78, 5) is 30.7. The Morgan fingerprint density at radius 3 is 2.69 bits per heavy atom. The van der Waals surface area contributed by atoms with Gasteiger partial charge < -0.3 is 20.7 Å². The van der Waals surface area contributed by atoms with E-state index in [1.54, 1.807) is 24.4 Å². The minimum Gasteiger partial charge on any atom is -0.489 e. The molecule has 7 nitrogen and oxygen atoms in total. The molecule has 3 N–H and O–H groups in total. The third kappa shape index (κ3) is 5.43. The molecule has 2 aromatic carbocycles. The number of carbonyl (C=O) groups is 2. The molecule has 2 heterocycles. The normalized spacial score (nSPS) is 15.8. The highest BCUT2D eigenvalue weighted by atomic mass is 16.5. The number of piperidine rings is 1. The van der Waals surface area contributed by atoms with Gasteiger partial charge in [-0.2, -0.15) is 0 Å². The Morgan fingerprint density at radius 1 is 1.09 bits per heavy atom. The standard InChI is InChI=1S/C25H26N4O3/c26-24(30)20-9-5-13-29(16-20)23-12-11-21(15-27-23)28-25(31)19-8-4-10-22(14-19)32-17-18-6-2-1-3-7-18/h1-4,6-8,10-12,14-15,20H,5,9,13,16-17H2,(H2,26,30)(H,28,31). The summed E-state index contributed by atoms with van der Waals surface area (Å²) >= 11 is 0. The average molecular weight is 431 g/mol. The molecule has 3 aromatic rings. The largest absolute Gasteiger partial charge is 0.489 e. The predicted octanol–water partition coefficient (Wildman–Crippen LogP) is 3.61. The maximum atomic E-state index is 12.7. The number of amides is 2. The summed E-state index contributed by atoms with van der Waals surface area (Å²) in [6, 6.07) is 20.6. The summed E-state index contributed by atoms with van der Waals surface area (Å²) in [6.07, 6.45) is 3.33. The van der Waals surface area contributed by atoms with Gasteiger partial charge in [-0.25, -0.2) is 4.98 Å². The van der Waals surface area contributed by atoms with Crippen LogP contribution in [0.1, 0.15) is 28.8 Å². The summed E-state index contributed by atoms with van der Waals surface area (Å²) < 4.78 is 5.81. The highest BCUT2D eigenvalue weighted by Crippen LogP contribution is 2.23. The van der Waals surface area contributed by atoms with Gasteiger partial charge in [-0.1, -0.05) is 36.4 Å². The number of primary amides is 1. The van der Waals surface area contributed by atoms with E-state index in [0.717, 1.165) is 30.8 Å². The fourth-order valence-corrected chi connectivity index (χ4v) is 3.74. The Labute approximate surface area is 187 Å². The SMILES string of the molecule is NC(=O)C1CCCN(c2ccc(NC(=O)c3cccc(OCc4ccccc4)c3)cn2)C1. The van der Waals surface area contributed by atoms with Crippen molar-refractivity contribution >= 4 is 23.3 Å². The summed E-state index contributed by atoms with van der Waals surface area (Å²) in [5.41, 5.74) is 7.61. The van der Waals surface area contributed by atoms with Crippen molar-refractivity contribution in [2.45, 2.75) is 19.4 Å². The molecule has 1 atom stereocenters. The monoisotopic (exact) mass is 430 g/mol.